The number of nitrogens with one attached hydrogen (secondary N) is 1. The summed E-state index contributed by atoms with van der Waals surface area (Å²) in [5, 5.41) is 5.55. The number of para-hydroxylation sites is 1. The molecular formula is C24H20ClN3O2S. The van der Waals surface area contributed by atoms with E-state index in [0.29, 0.717) is 27.3 Å². The van der Waals surface area contributed by atoms with Crippen LogP contribution in [-0.4, -0.2) is 15.9 Å². The van der Waals surface area contributed by atoms with E-state index in [1.165, 1.54) is 11.8 Å². The van der Waals surface area contributed by atoms with Crippen LogP contribution in [0.5, 0.6) is 0 Å². The normalized spacial score (nSPS) is 14.9. The van der Waals surface area contributed by atoms with Crippen molar-refractivity contribution in [2.24, 2.45) is 0 Å². The molecule has 0 bridgehead atoms. The molecule has 5 nitrogen and oxygen atoms in total. The maximum atomic E-state index is 13.4. The van der Waals surface area contributed by atoms with Crippen LogP contribution < -0.4 is 5.32 Å². The second kappa shape index (κ2) is 8.36. The van der Waals surface area contributed by atoms with Crippen LogP contribution in [0.3, 0.4) is 0 Å². The van der Waals surface area contributed by atoms with Crippen molar-refractivity contribution in [3.63, 3.8) is 0 Å². The van der Waals surface area contributed by atoms with Gasteiger partial charge in [-0.2, -0.15) is 0 Å². The molecule has 1 aliphatic rings. The van der Waals surface area contributed by atoms with Gasteiger partial charge in [-0.15, -0.1) is 0 Å². The molecule has 7 heteroatoms. The Morgan fingerprint density at radius 3 is 2.52 bits per heavy atom. The molecule has 31 heavy (non-hydrogen) atoms. The molecule has 5 rings (SSSR count). The standard InChI is InChI=1S/C24H20ClN3O2S/c25-17-9-7-16(8-10-17)24(11-3-12-24)28-22(29)21-19(15-31-23-26-13-4-14-27-23)18-5-1-2-6-20(18)30-21/h1-2,4-10,13-14H,3,11-12,15H2,(H,28,29). The Hall–Kier alpha value is -2.83. The lowest BCUT2D eigenvalue weighted by molar-refractivity contribution is 0.0796. The van der Waals surface area contributed by atoms with Crippen molar-refractivity contribution >= 4 is 40.2 Å². The van der Waals surface area contributed by atoms with Gasteiger partial charge < -0.3 is 9.73 Å². The highest BCUT2D eigenvalue weighted by Gasteiger charge is 2.41. The molecule has 0 radical (unpaired) electrons. The maximum absolute atomic E-state index is 13.4. The predicted molar refractivity (Wildman–Crippen MR) is 122 cm³/mol. The highest BCUT2D eigenvalue weighted by Crippen LogP contribution is 2.42. The smallest absolute Gasteiger partial charge is 0.288 e. The molecule has 0 aliphatic heterocycles. The zero-order chi connectivity index (χ0) is 21.3. The van der Waals surface area contributed by atoms with Crippen molar-refractivity contribution in [2.75, 3.05) is 0 Å². The number of fused-ring (bicyclic) bond motifs is 1. The van der Waals surface area contributed by atoms with Crippen molar-refractivity contribution in [1.29, 1.82) is 0 Å². The van der Waals surface area contributed by atoms with Gasteiger partial charge in [0, 0.05) is 34.1 Å². The lowest BCUT2D eigenvalue weighted by atomic mass is 9.71. The van der Waals surface area contributed by atoms with Gasteiger partial charge in [-0.1, -0.05) is 53.7 Å². The van der Waals surface area contributed by atoms with E-state index in [0.717, 1.165) is 35.8 Å². The summed E-state index contributed by atoms with van der Waals surface area (Å²) in [6.45, 7) is 0. The quantitative estimate of drug-likeness (QED) is 0.290. The Labute approximate surface area is 189 Å². The number of hydrogen-bond donors (Lipinski definition) is 1. The summed E-state index contributed by atoms with van der Waals surface area (Å²) in [7, 11) is 0. The number of thioether (sulfide) groups is 1. The van der Waals surface area contributed by atoms with E-state index in [1.807, 2.05) is 48.5 Å². The molecule has 0 atom stereocenters. The molecule has 2 heterocycles. The highest BCUT2D eigenvalue weighted by atomic mass is 35.5. The molecule has 4 aromatic rings. The first-order valence-corrected chi connectivity index (χ1v) is 11.5. The average Bonchev–Trinajstić information content (AvgIpc) is 3.15. The van der Waals surface area contributed by atoms with Crippen molar-refractivity contribution in [3.05, 3.63) is 88.9 Å². The molecule has 2 aromatic heterocycles. The van der Waals surface area contributed by atoms with E-state index in [4.69, 9.17) is 16.0 Å². The van der Waals surface area contributed by atoms with Gasteiger partial charge in [0.2, 0.25) is 0 Å². The maximum Gasteiger partial charge on any atom is 0.288 e. The number of aromatic nitrogens is 2. The van der Waals surface area contributed by atoms with Crippen LogP contribution in [-0.2, 0) is 11.3 Å². The fourth-order valence-electron chi connectivity index (χ4n) is 3.98. The minimum Gasteiger partial charge on any atom is -0.451 e. The second-order valence-corrected chi connectivity index (χ2v) is 9.00. The van der Waals surface area contributed by atoms with Crippen molar-refractivity contribution < 1.29 is 9.21 Å². The molecular weight excluding hydrogens is 430 g/mol. The number of amides is 1. The first kappa shape index (κ1) is 20.1. The molecule has 0 saturated heterocycles. The summed E-state index contributed by atoms with van der Waals surface area (Å²) < 4.78 is 6.03. The number of furan rings is 1. The van der Waals surface area contributed by atoms with Crippen molar-refractivity contribution in [2.45, 2.75) is 35.7 Å². The number of carbonyl (C=O) groups is 1. The van der Waals surface area contributed by atoms with Crippen LogP contribution in [0, 0.1) is 0 Å². The molecule has 2 aromatic carbocycles. The summed E-state index contributed by atoms with van der Waals surface area (Å²) in [5.74, 6) is 0.692. The molecule has 156 valence electrons. The molecule has 1 saturated carbocycles. The third-order valence-electron chi connectivity index (χ3n) is 5.75. The fraction of sp³-hybridized carbons (Fsp3) is 0.208. The average molecular weight is 450 g/mol. The first-order chi connectivity index (χ1) is 15.1. The van der Waals surface area contributed by atoms with E-state index in [1.54, 1.807) is 18.5 Å². The van der Waals surface area contributed by atoms with Crippen LogP contribution >= 0.6 is 23.4 Å². The zero-order valence-corrected chi connectivity index (χ0v) is 18.2. The molecule has 1 fully saturated rings. The Balaban J connectivity index is 1.46. The number of benzene rings is 2. The van der Waals surface area contributed by atoms with E-state index >= 15 is 0 Å². The van der Waals surface area contributed by atoms with Crippen LogP contribution in [0.15, 0.2) is 76.6 Å². The topological polar surface area (TPSA) is 68.0 Å². The van der Waals surface area contributed by atoms with Gasteiger partial charge in [0.25, 0.3) is 5.91 Å². The summed E-state index contributed by atoms with van der Waals surface area (Å²) >= 11 is 7.54. The van der Waals surface area contributed by atoms with Gasteiger partial charge in [0.05, 0.1) is 5.54 Å². The monoisotopic (exact) mass is 449 g/mol. The Bertz CT molecular complexity index is 1220. The number of halogens is 1. The number of rotatable bonds is 6. The highest BCUT2D eigenvalue weighted by molar-refractivity contribution is 7.98. The zero-order valence-electron chi connectivity index (χ0n) is 16.7. The van der Waals surface area contributed by atoms with Gasteiger partial charge in [-0.05, 0) is 49.1 Å². The molecule has 0 unspecified atom stereocenters. The summed E-state index contributed by atoms with van der Waals surface area (Å²) in [4.78, 5) is 22.0. The molecule has 1 amide bonds. The Kier molecular flexibility index (Phi) is 5.42. The van der Waals surface area contributed by atoms with Crippen LogP contribution in [0.4, 0.5) is 0 Å². The summed E-state index contributed by atoms with van der Waals surface area (Å²) in [5.41, 5.74) is 2.25. The predicted octanol–water partition coefficient (Wildman–Crippen LogP) is 5.98. The van der Waals surface area contributed by atoms with Gasteiger partial charge in [-0.3, -0.25) is 4.79 Å². The lowest BCUT2D eigenvalue weighted by Crippen LogP contribution is -2.50. The van der Waals surface area contributed by atoms with E-state index in [9.17, 15) is 4.79 Å². The van der Waals surface area contributed by atoms with E-state index in [2.05, 4.69) is 15.3 Å². The largest absolute Gasteiger partial charge is 0.451 e. The third-order valence-corrected chi connectivity index (χ3v) is 6.90. The molecule has 1 N–H and O–H groups in total. The van der Waals surface area contributed by atoms with Crippen molar-refractivity contribution in [3.8, 4) is 0 Å². The van der Waals surface area contributed by atoms with Crippen molar-refractivity contribution in [1.82, 2.24) is 15.3 Å². The summed E-state index contributed by atoms with van der Waals surface area (Å²) in [6, 6.07) is 17.2. The van der Waals surface area contributed by atoms with Crippen LogP contribution in [0.25, 0.3) is 11.0 Å². The third kappa shape index (κ3) is 3.93. The number of hydrogen-bond acceptors (Lipinski definition) is 5. The SMILES string of the molecule is O=C(NC1(c2ccc(Cl)cc2)CCC1)c1oc2ccccc2c1CSc1ncccn1. The van der Waals surface area contributed by atoms with E-state index < -0.39 is 0 Å². The molecule has 0 spiro atoms. The van der Waals surface area contributed by atoms with Gasteiger partial charge >= 0.3 is 0 Å². The first-order valence-electron chi connectivity index (χ1n) is 10.1. The molecule has 1 aliphatic carbocycles. The number of carbonyl (C=O) groups excluding carboxylic acids is 1. The number of nitrogens with zero attached hydrogens (tertiary/aromatic N) is 2. The lowest BCUT2D eigenvalue weighted by Gasteiger charge is -2.43. The van der Waals surface area contributed by atoms with Gasteiger partial charge in [0.1, 0.15) is 5.58 Å². The van der Waals surface area contributed by atoms with E-state index in [-0.39, 0.29) is 11.4 Å². The van der Waals surface area contributed by atoms with Crippen LogP contribution in [0.2, 0.25) is 5.02 Å². The summed E-state index contributed by atoms with van der Waals surface area (Å²) in [6.07, 6.45) is 6.27. The Morgan fingerprint density at radius 2 is 1.81 bits per heavy atom. The minimum atomic E-state index is -0.381. The van der Waals surface area contributed by atoms with Gasteiger partial charge in [0.15, 0.2) is 10.9 Å². The van der Waals surface area contributed by atoms with Crippen LogP contribution in [0.1, 0.15) is 40.9 Å². The fourth-order valence-corrected chi connectivity index (χ4v) is 4.94. The minimum absolute atomic E-state index is 0.199. The van der Waals surface area contributed by atoms with Gasteiger partial charge in [-0.25, -0.2) is 9.97 Å². The second-order valence-electron chi connectivity index (χ2n) is 7.62. The Morgan fingerprint density at radius 1 is 1.06 bits per heavy atom.